The summed E-state index contributed by atoms with van der Waals surface area (Å²) >= 11 is 0. The molecule has 0 aliphatic heterocycles. The number of nitrogens with one attached hydrogen (secondary N) is 1. The van der Waals surface area contributed by atoms with E-state index in [1.54, 1.807) is 12.1 Å². The van der Waals surface area contributed by atoms with Crippen molar-refractivity contribution in [3.63, 3.8) is 0 Å². The van der Waals surface area contributed by atoms with Gasteiger partial charge in [-0.3, -0.25) is 0 Å². The number of benzene rings is 1. The van der Waals surface area contributed by atoms with Crippen LogP contribution in [0.15, 0.2) is 36.9 Å². The third kappa shape index (κ3) is 4.66. The second kappa shape index (κ2) is 6.25. The van der Waals surface area contributed by atoms with Crippen LogP contribution in [-0.4, -0.2) is 17.7 Å². The van der Waals surface area contributed by atoms with E-state index in [1.165, 1.54) is 5.56 Å². The molecule has 2 nitrogen and oxygen atoms in total. The minimum Gasteiger partial charge on any atom is -0.508 e. The van der Waals surface area contributed by atoms with E-state index in [4.69, 9.17) is 5.11 Å². The number of aromatic hydroxyl groups is 1. The Morgan fingerprint density at radius 2 is 2.07 bits per heavy atom. The van der Waals surface area contributed by atoms with E-state index in [0.717, 1.165) is 19.4 Å². The van der Waals surface area contributed by atoms with Gasteiger partial charge in [0.25, 0.3) is 0 Å². The number of phenols is 1. The molecule has 0 aliphatic rings. The molecule has 1 aromatic rings. The molecular formula is C13H19NO. The first-order valence-corrected chi connectivity index (χ1v) is 5.34. The molecule has 0 amide bonds. The number of hydrogen-bond acceptors (Lipinski definition) is 2. The van der Waals surface area contributed by atoms with Crippen LogP contribution in [-0.2, 0) is 6.42 Å². The summed E-state index contributed by atoms with van der Waals surface area (Å²) in [5, 5.41) is 12.6. The van der Waals surface area contributed by atoms with Gasteiger partial charge in [0.1, 0.15) is 5.75 Å². The third-order valence-corrected chi connectivity index (χ3v) is 2.32. The standard InChI is InChI=1S/C13H19NO/c1-3-4-9-14-11(2)10-12-5-7-13(15)8-6-12/h3,5-8,11,14-15H,1,4,9-10H2,2H3. The van der Waals surface area contributed by atoms with Crippen LogP contribution in [0, 0.1) is 0 Å². The van der Waals surface area contributed by atoms with Gasteiger partial charge in [-0.1, -0.05) is 18.2 Å². The van der Waals surface area contributed by atoms with Crippen LogP contribution >= 0.6 is 0 Å². The van der Waals surface area contributed by atoms with Gasteiger partial charge in [0.15, 0.2) is 0 Å². The van der Waals surface area contributed by atoms with Gasteiger partial charge in [-0.05, 0) is 44.0 Å². The lowest BCUT2D eigenvalue weighted by Crippen LogP contribution is -2.28. The highest BCUT2D eigenvalue weighted by atomic mass is 16.3. The van der Waals surface area contributed by atoms with Gasteiger partial charge in [-0.2, -0.15) is 0 Å². The fraction of sp³-hybridized carbons (Fsp3) is 0.385. The van der Waals surface area contributed by atoms with Gasteiger partial charge < -0.3 is 10.4 Å². The zero-order valence-corrected chi connectivity index (χ0v) is 9.24. The Hall–Kier alpha value is -1.28. The molecule has 0 heterocycles. The van der Waals surface area contributed by atoms with E-state index >= 15 is 0 Å². The molecule has 0 spiro atoms. The average Bonchev–Trinajstić information content (AvgIpc) is 2.22. The van der Waals surface area contributed by atoms with Crippen molar-refractivity contribution in [1.29, 1.82) is 0 Å². The topological polar surface area (TPSA) is 32.3 Å². The molecule has 82 valence electrons. The highest BCUT2D eigenvalue weighted by Crippen LogP contribution is 2.11. The van der Waals surface area contributed by atoms with Crippen LogP contribution in [0.5, 0.6) is 5.75 Å². The number of hydrogen-bond donors (Lipinski definition) is 2. The minimum absolute atomic E-state index is 0.325. The molecule has 0 fully saturated rings. The molecule has 0 bridgehead atoms. The Kier molecular flexibility index (Phi) is 4.91. The fourth-order valence-electron chi connectivity index (χ4n) is 1.49. The molecule has 0 aliphatic carbocycles. The maximum Gasteiger partial charge on any atom is 0.115 e. The van der Waals surface area contributed by atoms with Crippen LogP contribution in [0.4, 0.5) is 0 Å². The lowest BCUT2D eigenvalue weighted by Gasteiger charge is -2.13. The SMILES string of the molecule is C=CCCNC(C)Cc1ccc(O)cc1. The van der Waals surface area contributed by atoms with Crippen LogP contribution < -0.4 is 5.32 Å². The Balaban J connectivity index is 2.34. The smallest absolute Gasteiger partial charge is 0.115 e. The summed E-state index contributed by atoms with van der Waals surface area (Å²) in [6.45, 7) is 6.82. The van der Waals surface area contributed by atoms with E-state index in [-0.39, 0.29) is 0 Å². The first-order valence-electron chi connectivity index (χ1n) is 5.34. The normalized spacial score (nSPS) is 12.3. The van der Waals surface area contributed by atoms with Crippen molar-refractivity contribution < 1.29 is 5.11 Å². The second-order valence-corrected chi connectivity index (χ2v) is 3.80. The summed E-state index contributed by atoms with van der Waals surface area (Å²) in [5.41, 5.74) is 1.24. The molecule has 2 heteroatoms. The maximum absolute atomic E-state index is 9.14. The molecule has 1 aromatic carbocycles. The molecule has 0 aromatic heterocycles. The van der Waals surface area contributed by atoms with Gasteiger partial charge in [0.05, 0.1) is 0 Å². The zero-order valence-electron chi connectivity index (χ0n) is 9.24. The Labute approximate surface area is 91.6 Å². The molecule has 1 atom stereocenters. The first kappa shape index (κ1) is 11.8. The fourth-order valence-corrected chi connectivity index (χ4v) is 1.49. The van der Waals surface area contributed by atoms with E-state index in [1.807, 2.05) is 18.2 Å². The van der Waals surface area contributed by atoms with Gasteiger partial charge >= 0.3 is 0 Å². The maximum atomic E-state index is 9.14. The van der Waals surface area contributed by atoms with Crippen molar-refractivity contribution >= 4 is 0 Å². The molecule has 1 unspecified atom stereocenters. The number of rotatable bonds is 6. The van der Waals surface area contributed by atoms with Crippen molar-refractivity contribution in [2.24, 2.45) is 0 Å². The summed E-state index contributed by atoms with van der Waals surface area (Å²) in [6, 6.07) is 7.83. The average molecular weight is 205 g/mol. The molecular weight excluding hydrogens is 186 g/mol. The Bertz CT molecular complexity index is 292. The summed E-state index contributed by atoms with van der Waals surface area (Å²) in [6.07, 6.45) is 3.90. The Morgan fingerprint density at radius 3 is 2.67 bits per heavy atom. The van der Waals surface area contributed by atoms with Gasteiger partial charge in [0.2, 0.25) is 0 Å². The summed E-state index contributed by atoms with van der Waals surface area (Å²) in [5.74, 6) is 0.325. The third-order valence-electron chi connectivity index (χ3n) is 2.32. The van der Waals surface area contributed by atoms with Crippen molar-refractivity contribution in [2.75, 3.05) is 6.54 Å². The lowest BCUT2D eigenvalue weighted by molar-refractivity contribution is 0.474. The summed E-state index contributed by atoms with van der Waals surface area (Å²) in [7, 11) is 0. The predicted molar refractivity (Wildman–Crippen MR) is 64.1 cm³/mol. The zero-order chi connectivity index (χ0) is 11.1. The minimum atomic E-state index is 0.325. The van der Waals surface area contributed by atoms with Crippen LogP contribution in [0.3, 0.4) is 0 Å². The molecule has 0 saturated heterocycles. The van der Waals surface area contributed by atoms with Crippen molar-refractivity contribution in [3.05, 3.63) is 42.5 Å². The molecule has 15 heavy (non-hydrogen) atoms. The van der Waals surface area contributed by atoms with Crippen LogP contribution in [0.25, 0.3) is 0 Å². The quantitative estimate of drug-likeness (QED) is 0.552. The van der Waals surface area contributed by atoms with Gasteiger partial charge in [-0.15, -0.1) is 6.58 Å². The Morgan fingerprint density at radius 1 is 1.40 bits per heavy atom. The summed E-state index contributed by atoms with van der Waals surface area (Å²) in [4.78, 5) is 0. The highest BCUT2D eigenvalue weighted by Gasteiger charge is 2.01. The van der Waals surface area contributed by atoms with E-state index in [0.29, 0.717) is 11.8 Å². The largest absolute Gasteiger partial charge is 0.508 e. The highest BCUT2D eigenvalue weighted by molar-refractivity contribution is 5.26. The van der Waals surface area contributed by atoms with E-state index < -0.39 is 0 Å². The molecule has 2 N–H and O–H groups in total. The van der Waals surface area contributed by atoms with Crippen LogP contribution in [0.2, 0.25) is 0 Å². The summed E-state index contributed by atoms with van der Waals surface area (Å²) < 4.78 is 0. The van der Waals surface area contributed by atoms with Gasteiger partial charge in [-0.25, -0.2) is 0 Å². The van der Waals surface area contributed by atoms with E-state index in [2.05, 4.69) is 18.8 Å². The number of phenolic OH excluding ortho intramolecular Hbond substituents is 1. The van der Waals surface area contributed by atoms with E-state index in [9.17, 15) is 0 Å². The van der Waals surface area contributed by atoms with Crippen molar-refractivity contribution in [1.82, 2.24) is 5.32 Å². The first-order chi connectivity index (χ1) is 7.22. The molecule has 1 rings (SSSR count). The predicted octanol–water partition coefficient (Wildman–Crippen LogP) is 2.49. The van der Waals surface area contributed by atoms with Crippen LogP contribution in [0.1, 0.15) is 18.9 Å². The second-order valence-electron chi connectivity index (χ2n) is 3.80. The lowest BCUT2D eigenvalue weighted by atomic mass is 10.1. The molecule has 0 radical (unpaired) electrons. The monoisotopic (exact) mass is 205 g/mol. The van der Waals surface area contributed by atoms with Crippen molar-refractivity contribution in [2.45, 2.75) is 25.8 Å². The van der Waals surface area contributed by atoms with Gasteiger partial charge in [0, 0.05) is 6.04 Å². The van der Waals surface area contributed by atoms with Crippen molar-refractivity contribution in [3.8, 4) is 5.75 Å². The molecule has 0 saturated carbocycles.